The first-order valence-corrected chi connectivity index (χ1v) is 9.31. The fourth-order valence-electron chi connectivity index (χ4n) is 3.18. The molecule has 1 aromatic heterocycles. The summed E-state index contributed by atoms with van der Waals surface area (Å²) in [6.07, 6.45) is 2.19. The van der Waals surface area contributed by atoms with E-state index in [9.17, 15) is 13.5 Å². The Hall–Kier alpha value is -2.60. The number of phenols is 1. The number of aryl methyl sites for hydroxylation is 2. The van der Waals surface area contributed by atoms with Gasteiger partial charge in [-0.1, -0.05) is 6.07 Å². The molecule has 24 heavy (non-hydrogen) atoms. The maximum absolute atomic E-state index is 12.2. The van der Waals surface area contributed by atoms with Crippen molar-refractivity contribution in [3.63, 3.8) is 0 Å². The van der Waals surface area contributed by atoms with Gasteiger partial charge in [-0.3, -0.25) is 4.98 Å². The first-order chi connectivity index (χ1) is 11.5. The molecule has 0 aliphatic carbocycles. The molecule has 3 aromatic rings. The molecule has 0 fully saturated rings. The number of rotatable bonds is 2. The first kappa shape index (κ1) is 15.0. The van der Waals surface area contributed by atoms with E-state index in [0.29, 0.717) is 11.3 Å². The van der Waals surface area contributed by atoms with Gasteiger partial charge in [-0.25, -0.2) is 8.42 Å². The molecule has 0 spiro atoms. The van der Waals surface area contributed by atoms with Crippen LogP contribution in [0.15, 0.2) is 47.5 Å². The number of sulfone groups is 1. The van der Waals surface area contributed by atoms with Gasteiger partial charge in [0.1, 0.15) is 5.75 Å². The number of benzene rings is 2. The predicted molar refractivity (Wildman–Crippen MR) is 93.6 cm³/mol. The molecule has 0 amide bonds. The van der Waals surface area contributed by atoms with E-state index in [4.69, 9.17) is 0 Å². The molecule has 2 heterocycles. The second kappa shape index (κ2) is 5.21. The molecule has 0 saturated heterocycles. The Morgan fingerprint density at radius 3 is 2.79 bits per heavy atom. The van der Waals surface area contributed by atoms with Crippen molar-refractivity contribution in [3.05, 3.63) is 53.7 Å². The zero-order valence-electron chi connectivity index (χ0n) is 13.1. The second-order valence-corrected chi connectivity index (χ2v) is 8.07. The summed E-state index contributed by atoms with van der Waals surface area (Å²) in [4.78, 5) is 4.77. The number of phenolic OH excluding ortho intramolecular Hbond substituents is 1. The van der Waals surface area contributed by atoms with E-state index in [2.05, 4.69) is 10.3 Å². The molecule has 0 unspecified atom stereocenters. The first-order valence-electron chi connectivity index (χ1n) is 7.66. The summed E-state index contributed by atoms with van der Waals surface area (Å²) >= 11 is 0. The monoisotopic (exact) mass is 340 g/mol. The van der Waals surface area contributed by atoms with Crippen LogP contribution in [0.5, 0.6) is 5.75 Å². The van der Waals surface area contributed by atoms with Crippen LogP contribution < -0.4 is 5.32 Å². The highest BCUT2D eigenvalue weighted by Crippen LogP contribution is 2.37. The van der Waals surface area contributed by atoms with Crippen molar-refractivity contribution in [1.29, 1.82) is 0 Å². The lowest BCUT2D eigenvalue weighted by molar-refractivity contribution is 0.475. The summed E-state index contributed by atoms with van der Waals surface area (Å²) in [6, 6.07) is 10.3. The number of fused-ring (bicyclic) bond motifs is 3. The van der Waals surface area contributed by atoms with Crippen LogP contribution in [0.4, 0.5) is 11.4 Å². The maximum Gasteiger partial charge on any atom is 0.179 e. The Kier molecular flexibility index (Phi) is 3.25. The zero-order valence-corrected chi connectivity index (χ0v) is 13.9. The summed E-state index contributed by atoms with van der Waals surface area (Å²) in [5.74, 6) is 0.315. The zero-order chi connectivity index (χ0) is 16.9. The third-order valence-electron chi connectivity index (χ3n) is 4.42. The highest BCUT2D eigenvalue weighted by molar-refractivity contribution is 7.91. The Labute approximate surface area is 139 Å². The van der Waals surface area contributed by atoms with Crippen LogP contribution in [0.1, 0.15) is 11.1 Å². The van der Waals surface area contributed by atoms with Crippen LogP contribution in [-0.2, 0) is 16.3 Å². The number of nitrogens with zero attached hydrogens (tertiary/aromatic N) is 1. The summed E-state index contributed by atoms with van der Waals surface area (Å²) in [5.41, 5.74) is 4.14. The van der Waals surface area contributed by atoms with Crippen molar-refractivity contribution in [1.82, 2.24) is 4.98 Å². The molecule has 6 heteroatoms. The van der Waals surface area contributed by atoms with E-state index in [1.54, 1.807) is 30.5 Å². The van der Waals surface area contributed by atoms with Gasteiger partial charge < -0.3 is 10.4 Å². The van der Waals surface area contributed by atoms with Gasteiger partial charge in [0.2, 0.25) is 0 Å². The number of aromatic nitrogens is 1. The third kappa shape index (κ3) is 2.30. The molecular formula is C18H16N2O3S. The van der Waals surface area contributed by atoms with Crippen molar-refractivity contribution in [2.24, 2.45) is 0 Å². The van der Waals surface area contributed by atoms with Crippen LogP contribution in [-0.4, -0.2) is 24.3 Å². The van der Waals surface area contributed by atoms with Crippen LogP contribution in [0.2, 0.25) is 0 Å². The molecule has 1 aliphatic rings. The molecular weight excluding hydrogens is 324 g/mol. The molecule has 4 rings (SSSR count). The van der Waals surface area contributed by atoms with Crippen molar-refractivity contribution in [2.45, 2.75) is 18.2 Å². The van der Waals surface area contributed by atoms with E-state index in [-0.39, 0.29) is 11.5 Å². The summed E-state index contributed by atoms with van der Waals surface area (Å²) in [5, 5.41) is 13.9. The molecule has 5 nitrogen and oxygen atoms in total. The Morgan fingerprint density at radius 2 is 1.96 bits per heavy atom. The predicted octanol–water partition coefficient (Wildman–Crippen LogP) is 3.32. The van der Waals surface area contributed by atoms with Gasteiger partial charge in [0.05, 0.1) is 16.2 Å². The molecule has 0 saturated carbocycles. The maximum atomic E-state index is 12.2. The number of aromatic hydroxyl groups is 1. The van der Waals surface area contributed by atoms with Crippen molar-refractivity contribution < 1.29 is 13.5 Å². The van der Waals surface area contributed by atoms with E-state index in [0.717, 1.165) is 33.4 Å². The standard InChI is InChI=1S/C18H16N2O3S/c1-11-2-3-12(21)10-16(11)20-15-6-8-19-14-4-5-17-13(18(14)15)7-9-24(17,22)23/h2-6,8,10,21H,7,9H2,1H3,(H,19,20). The van der Waals surface area contributed by atoms with Crippen molar-refractivity contribution in [2.75, 3.05) is 11.1 Å². The minimum Gasteiger partial charge on any atom is -0.508 e. The van der Waals surface area contributed by atoms with Gasteiger partial charge in [0.15, 0.2) is 9.84 Å². The van der Waals surface area contributed by atoms with E-state index in [1.807, 2.05) is 19.1 Å². The van der Waals surface area contributed by atoms with Gasteiger partial charge in [0.25, 0.3) is 0 Å². The van der Waals surface area contributed by atoms with Gasteiger partial charge in [0, 0.05) is 29.0 Å². The van der Waals surface area contributed by atoms with Gasteiger partial charge in [-0.2, -0.15) is 0 Å². The number of pyridine rings is 1. The number of hydrogen-bond acceptors (Lipinski definition) is 5. The third-order valence-corrected chi connectivity index (χ3v) is 6.21. The number of nitrogens with one attached hydrogen (secondary N) is 1. The lowest BCUT2D eigenvalue weighted by atomic mass is 10.0. The molecule has 1 aliphatic heterocycles. The van der Waals surface area contributed by atoms with Gasteiger partial charge in [-0.15, -0.1) is 0 Å². The van der Waals surface area contributed by atoms with Crippen LogP contribution >= 0.6 is 0 Å². The van der Waals surface area contributed by atoms with E-state index < -0.39 is 9.84 Å². The SMILES string of the molecule is Cc1ccc(O)cc1Nc1ccnc2ccc3c(c12)CCS3(=O)=O. The van der Waals surface area contributed by atoms with E-state index in [1.165, 1.54) is 0 Å². The molecule has 122 valence electrons. The number of hydrogen-bond donors (Lipinski definition) is 2. The topological polar surface area (TPSA) is 79.3 Å². The molecule has 0 atom stereocenters. The van der Waals surface area contributed by atoms with Gasteiger partial charge >= 0.3 is 0 Å². The smallest absolute Gasteiger partial charge is 0.179 e. The fraction of sp³-hybridized carbons (Fsp3) is 0.167. The Bertz CT molecular complexity index is 1080. The normalized spacial score (nSPS) is 15.4. The molecule has 2 aromatic carbocycles. The molecule has 2 N–H and O–H groups in total. The average Bonchev–Trinajstić information content (AvgIpc) is 2.86. The van der Waals surface area contributed by atoms with Crippen LogP contribution in [0, 0.1) is 6.92 Å². The molecule has 0 bridgehead atoms. The largest absolute Gasteiger partial charge is 0.508 e. The lowest BCUT2D eigenvalue weighted by Crippen LogP contribution is -1.99. The highest BCUT2D eigenvalue weighted by Gasteiger charge is 2.28. The van der Waals surface area contributed by atoms with Crippen molar-refractivity contribution in [3.8, 4) is 5.75 Å². The summed E-state index contributed by atoms with van der Waals surface area (Å²) in [7, 11) is -3.20. The fourth-order valence-corrected chi connectivity index (χ4v) is 4.73. The second-order valence-electron chi connectivity index (χ2n) is 5.99. The van der Waals surface area contributed by atoms with Crippen LogP contribution in [0.3, 0.4) is 0 Å². The van der Waals surface area contributed by atoms with Crippen molar-refractivity contribution >= 4 is 32.1 Å². The van der Waals surface area contributed by atoms with Crippen LogP contribution in [0.25, 0.3) is 10.9 Å². The lowest BCUT2D eigenvalue weighted by Gasteiger charge is -2.14. The minimum atomic E-state index is -3.20. The summed E-state index contributed by atoms with van der Waals surface area (Å²) < 4.78 is 24.4. The van der Waals surface area contributed by atoms with E-state index >= 15 is 0 Å². The number of anilines is 2. The minimum absolute atomic E-state index is 0.140. The summed E-state index contributed by atoms with van der Waals surface area (Å²) in [6.45, 7) is 1.94. The Balaban J connectivity index is 1.94. The van der Waals surface area contributed by atoms with Gasteiger partial charge in [-0.05, 0) is 48.7 Å². The average molecular weight is 340 g/mol. The highest BCUT2D eigenvalue weighted by atomic mass is 32.2. The Morgan fingerprint density at radius 1 is 1.12 bits per heavy atom. The molecule has 0 radical (unpaired) electrons. The quantitative estimate of drug-likeness (QED) is 0.748.